The van der Waals surface area contributed by atoms with Crippen LogP contribution in [0.5, 0.6) is 0 Å². The molecule has 0 aliphatic heterocycles. The molecule has 1 aromatic rings. The van der Waals surface area contributed by atoms with Gasteiger partial charge < -0.3 is 14.5 Å². The van der Waals surface area contributed by atoms with E-state index in [1.54, 1.807) is 0 Å². The Labute approximate surface area is 112 Å². The number of hydrogen-bond acceptors (Lipinski definition) is 5. The van der Waals surface area contributed by atoms with E-state index in [4.69, 9.17) is 4.52 Å². The molecule has 0 spiro atoms. The molecule has 1 aliphatic rings. The summed E-state index contributed by atoms with van der Waals surface area (Å²) in [6.07, 6.45) is 5.75. The van der Waals surface area contributed by atoms with Crippen molar-refractivity contribution in [3.8, 4) is 0 Å². The molecule has 19 heavy (non-hydrogen) atoms. The van der Waals surface area contributed by atoms with E-state index in [-0.39, 0.29) is 5.92 Å². The molecular weight excluding hydrogens is 246 g/mol. The van der Waals surface area contributed by atoms with Crippen molar-refractivity contribution in [1.82, 2.24) is 15.0 Å². The van der Waals surface area contributed by atoms with Crippen molar-refractivity contribution < 1.29 is 14.4 Å². The topological polar surface area (TPSA) is 79.5 Å². The number of nitrogens with zero attached hydrogens (tertiary/aromatic N) is 3. The maximum absolute atomic E-state index is 11.2. The zero-order valence-electron chi connectivity index (χ0n) is 11.2. The highest BCUT2D eigenvalue weighted by molar-refractivity contribution is 5.71. The fraction of sp³-hybridized carbons (Fsp3) is 0.615. The number of hydrogen-bond donors (Lipinski definition) is 1. The lowest BCUT2D eigenvalue weighted by Gasteiger charge is -2.21. The summed E-state index contributed by atoms with van der Waals surface area (Å²) < 4.78 is 5.24. The van der Waals surface area contributed by atoms with E-state index in [1.165, 1.54) is 0 Å². The lowest BCUT2D eigenvalue weighted by Crippen LogP contribution is -2.23. The summed E-state index contributed by atoms with van der Waals surface area (Å²) in [7, 11) is 3.96. The molecule has 1 heterocycles. The fourth-order valence-corrected chi connectivity index (χ4v) is 2.20. The van der Waals surface area contributed by atoms with Gasteiger partial charge in [0, 0.05) is 13.0 Å². The van der Waals surface area contributed by atoms with E-state index in [0.717, 1.165) is 6.54 Å². The van der Waals surface area contributed by atoms with Gasteiger partial charge in [-0.05, 0) is 26.9 Å². The van der Waals surface area contributed by atoms with Gasteiger partial charge in [0.05, 0.1) is 11.8 Å². The Morgan fingerprint density at radius 3 is 2.89 bits per heavy atom. The summed E-state index contributed by atoms with van der Waals surface area (Å²) in [6, 6.07) is 0. The summed E-state index contributed by atoms with van der Waals surface area (Å²) in [5.41, 5.74) is 0. The average molecular weight is 265 g/mol. The second kappa shape index (κ2) is 5.97. The Bertz CT molecular complexity index is 467. The van der Waals surface area contributed by atoms with Crippen LogP contribution in [0, 0.1) is 5.92 Å². The van der Waals surface area contributed by atoms with Gasteiger partial charge in [-0.25, -0.2) is 0 Å². The van der Waals surface area contributed by atoms with E-state index in [0.29, 0.717) is 31.0 Å². The average Bonchev–Trinajstić information content (AvgIpc) is 2.85. The lowest BCUT2D eigenvalue weighted by molar-refractivity contribution is -0.142. The molecule has 0 radical (unpaired) electrons. The van der Waals surface area contributed by atoms with Gasteiger partial charge in [0.25, 0.3) is 0 Å². The summed E-state index contributed by atoms with van der Waals surface area (Å²) in [4.78, 5) is 17.6. The molecule has 0 bridgehead atoms. The van der Waals surface area contributed by atoms with Gasteiger partial charge in [0.15, 0.2) is 5.82 Å². The van der Waals surface area contributed by atoms with Crippen molar-refractivity contribution in [2.24, 2.45) is 5.92 Å². The SMILES string of the molecule is CN(C)CCc1noc([C@@H]2CC=CC[C@@H]2C(=O)O)n1. The summed E-state index contributed by atoms with van der Waals surface area (Å²) >= 11 is 0. The van der Waals surface area contributed by atoms with Crippen LogP contribution in [0.2, 0.25) is 0 Å². The number of likely N-dealkylation sites (N-methyl/N-ethyl adjacent to an activating group) is 1. The lowest BCUT2D eigenvalue weighted by atomic mass is 9.83. The summed E-state index contributed by atoms with van der Waals surface area (Å²) in [5.74, 6) is -0.384. The van der Waals surface area contributed by atoms with Gasteiger partial charge in [-0.3, -0.25) is 4.79 Å². The van der Waals surface area contributed by atoms with Crippen molar-refractivity contribution in [2.75, 3.05) is 20.6 Å². The molecule has 1 aromatic heterocycles. The fourth-order valence-electron chi connectivity index (χ4n) is 2.20. The zero-order chi connectivity index (χ0) is 13.8. The summed E-state index contributed by atoms with van der Waals surface area (Å²) in [6.45, 7) is 0.839. The van der Waals surface area contributed by atoms with Crippen molar-refractivity contribution in [2.45, 2.75) is 25.2 Å². The van der Waals surface area contributed by atoms with Crippen molar-refractivity contribution >= 4 is 5.97 Å². The van der Waals surface area contributed by atoms with Crippen LogP contribution in [-0.4, -0.2) is 46.8 Å². The molecule has 0 saturated carbocycles. The number of carboxylic acid groups (broad SMARTS) is 1. The van der Waals surface area contributed by atoms with E-state index in [1.807, 2.05) is 31.1 Å². The van der Waals surface area contributed by atoms with Gasteiger partial charge >= 0.3 is 5.97 Å². The quantitative estimate of drug-likeness (QED) is 0.809. The van der Waals surface area contributed by atoms with Gasteiger partial charge in [-0.2, -0.15) is 4.98 Å². The number of carboxylic acids is 1. The molecule has 1 aliphatic carbocycles. The molecule has 6 heteroatoms. The predicted octanol–water partition coefficient (Wildman–Crippen LogP) is 1.31. The molecule has 6 nitrogen and oxygen atoms in total. The van der Waals surface area contributed by atoms with Gasteiger partial charge in [-0.15, -0.1) is 0 Å². The number of carbonyl (C=O) groups is 1. The van der Waals surface area contributed by atoms with Crippen LogP contribution >= 0.6 is 0 Å². The van der Waals surface area contributed by atoms with E-state index in [2.05, 4.69) is 10.1 Å². The zero-order valence-corrected chi connectivity index (χ0v) is 11.2. The van der Waals surface area contributed by atoms with Crippen LogP contribution in [0.4, 0.5) is 0 Å². The first-order chi connectivity index (χ1) is 9.08. The van der Waals surface area contributed by atoms with Gasteiger partial charge in [0.2, 0.25) is 5.89 Å². The Morgan fingerprint density at radius 1 is 1.47 bits per heavy atom. The third-order valence-corrected chi connectivity index (χ3v) is 3.33. The molecule has 0 aromatic carbocycles. The predicted molar refractivity (Wildman–Crippen MR) is 68.8 cm³/mol. The normalized spacial score (nSPS) is 22.9. The summed E-state index contributed by atoms with van der Waals surface area (Å²) in [5, 5.41) is 13.1. The Balaban J connectivity index is 2.08. The molecule has 0 fully saturated rings. The minimum Gasteiger partial charge on any atom is -0.481 e. The Kier molecular flexibility index (Phi) is 4.31. The highest BCUT2D eigenvalue weighted by Gasteiger charge is 2.33. The van der Waals surface area contributed by atoms with Gasteiger partial charge in [0.1, 0.15) is 0 Å². The van der Waals surface area contributed by atoms with Gasteiger partial charge in [-0.1, -0.05) is 17.3 Å². The number of aliphatic carboxylic acids is 1. The van der Waals surface area contributed by atoms with E-state index in [9.17, 15) is 9.90 Å². The minimum atomic E-state index is -0.803. The molecule has 104 valence electrons. The first kappa shape index (κ1) is 13.7. The molecule has 1 N–H and O–H groups in total. The molecular formula is C13H19N3O3. The van der Waals surface area contributed by atoms with Crippen LogP contribution in [0.1, 0.15) is 30.5 Å². The first-order valence-electron chi connectivity index (χ1n) is 6.43. The number of aromatic nitrogens is 2. The largest absolute Gasteiger partial charge is 0.481 e. The third kappa shape index (κ3) is 3.41. The molecule has 2 atom stereocenters. The van der Waals surface area contributed by atoms with E-state index < -0.39 is 11.9 Å². The maximum Gasteiger partial charge on any atom is 0.307 e. The molecule has 0 unspecified atom stereocenters. The highest BCUT2D eigenvalue weighted by Crippen LogP contribution is 2.33. The monoisotopic (exact) mass is 265 g/mol. The van der Waals surface area contributed by atoms with Crippen LogP contribution in [0.25, 0.3) is 0 Å². The van der Waals surface area contributed by atoms with E-state index >= 15 is 0 Å². The molecule has 0 amide bonds. The second-order valence-corrected chi connectivity index (χ2v) is 5.10. The second-order valence-electron chi connectivity index (χ2n) is 5.10. The van der Waals surface area contributed by atoms with Crippen LogP contribution in [-0.2, 0) is 11.2 Å². The highest BCUT2D eigenvalue weighted by atomic mass is 16.5. The smallest absolute Gasteiger partial charge is 0.307 e. The van der Waals surface area contributed by atoms with Crippen LogP contribution in [0.3, 0.4) is 0 Å². The van der Waals surface area contributed by atoms with Crippen molar-refractivity contribution in [3.63, 3.8) is 0 Å². The van der Waals surface area contributed by atoms with Crippen LogP contribution < -0.4 is 0 Å². The molecule has 2 rings (SSSR count). The Hall–Kier alpha value is -1.69. The Morgan fingerprint density at radius 2 is 2.21 bits per heavy atom. The number of allylic oxidation sites excluding steroid dienone is 2. The first-order valence-corrected chi connectivity index (χ1v) is 6.43. The van der Waals surface area contributed by atoms with Crippen molar-refractivity contribution in [3.05, 3.63) is 23.9 Å². The minimum absolute atomic E-state index is 0.205. The number of rotatable bonds is 5. The third-order valence-electron chi connectivity index (χ3n) is 3.33. The van der Waals surface area contributed by atoms with Crippen LogP contribution in [0.15, 0.2) is 16.7 Å². The maximum atomic E-state index is 11.2. The molecule has 0 saturated heterocycles. The standard InChI is InChI=1S/C13H19N3O3/c1-16(2)8-7-11-14-12(19-15-11)9-5-3-4-6-10(9)13(17)18/h3-4,9-10H,5-8H2,1-2H3,(H,17,18)/t9-,10+/m1/s1. The van der Waals surface area contributed by atoms with Crippen molar-refractivity contribution in [1.29, 1.82) is 0 Å².